The van der Waals surface area contributed by atoms with Crippen molar-refractivity contribution in [2.45, 2.75) is 19.6 Å². The fourth-order valence-corrected chi connectivity index (χ4v) is 3.20. The SMILES string of the molecule is c1ccc(CN(Cc2ccc3ccccc3c2)Cc2ccccn2)nc1. The van der Waals surface area contributed by atoms with Crippen molar-refractivity contribution in [1.29, 1.82) is 0 Å². The van der Waals surface area contributed by atoms with Gasteiger partial charge in [0.15, 0.2) is 0 Å². The molecule has 128 valence electrons. The Morgan fingerprint density at radius 3 is 1.81 bits per heavy atom. The molecule has 0 atom stereocenters. The molecular formula is C23H21N3. The van der Waals surface area contributed by atoms with Crippen molar-refractivity contribution >= 4 is 10.8 Å². The third-order valence-electron chi connectivity index (χ3n) is 4.44. The van der Waals surface area contributed by atoms with Crippen LogP contribution in [0.2, 0.25) is 0 Å². The third kappa shape index (κ3) is 4.13. The van der Waals surface area contributed by atoms with Gasteiger partial charge in [-0.05, 0) is 46.7 Å². The van der Waals surface area contributed by atoms with Crippen molar-refractivity contribution in [1.82, 2.24) is 14.9 Å². The molecule has 0 spiro atoms. The highest BCUT2D eigenvalue weighted by Gasteiger charge is 2.10. The standard InChI is InChI=1S/C23H21N3/c1-2-8-21-15-19(11-12-20(21)7-1)16-26(17-22-9-3-5-13-24-22)18-23-10-4-6-14-25-23/h1-15H,16-18H2. The van der Waals surface area contributed by atoms with Gasteiger partial charge in [0.25, 0.3) is 0 Å². The molecule has 4 rings (SSSR count). The fraction of sp³-hybridized carbons (Fsp3) is 0.130. The lowest BCUT2D eigenvalue weighted by atomic mass is 10.1. The molecule has 3 heteroatoms. The molecule has 0 bridgehead atoms. The van der Waals surface area contributed by atoms with E-state index in [1.54, 1.807) is 0 Å². The molecular weight excluding hydrogens is 318 g/mol. The molecule has 0 saturated heterocycles. The topological polar surface area (TPSA) is 29.0 Å². The summed E-state index contributed by atoms with van der Waals surface area (Å²) in [6, 6.07) is 27.3. The predicted molar refractivity (Wildman–Crippen MR) is 105 cm³/mol. The van der Waals surface area contributed by atoms with E-state index >= 15 is 0 Å². The largest absolute Gasteiger partial charge is 0.287 e. The van der Waals surface area contributed by atoms with Crippen LogP contribution in [0.3, 0.4) is 0 Å². The number of fused-ring (bicyclic) bond motifs is 1. The Labute approximate surface area is 154 Å². The van der Waals surface area contributed by atoms with Crippen molar-refractivity contribution in [3.8, 4) is 0 Å². The Hall–Kier alpha value is -3.04. The van der Waals surface area contributed by atoms with E-state index in [1.807, 2.05) is 36.7 Å². The van der Waals surface area contributed by atoms with Crippen molar-refractivity contribution in [3.63, 3.8) is 0 Å². The van der Waals surface area contributed by atoms with Gasteiger partial charge < -0.3 is 0 Å². The average Bonchev–Trinajstić information content (AvgIpc) is 2.69. The van der Waals surface area contributed by atoms with Crippen molar-refractivity contribution in [2.75, 3.05) is 0 Å². The summed E-state index contributed by atoms with van der Waals surface area (Å²) in [6.07, 6.45) is 3.70. The highest BCUT2D eigenvalue weighted by atomic mass is 15.1. The molecule has 2 heterocycles. The van der Waals surface area contributed by atoms with Gasteiger partial charge in [0, 0.05) is 32.0 Å². The molecule has 26 heavy (non-hydrogen) atoms. The molecule has 0 saturated carbocycles. The maximum absolute atomic E-state index is 4.49. The number of nitrogens with zero attached hydrogens (tertiary/aromatic N) is 3. The van der Waals surface area contributed by atoms with Crippen molar-refractivity contribution < 1.29 is 0 Å². The van der Waals surface area contributed by atoms with E-state index in [-0.39, 0.29) is 0 Å². The minimum atomic E-state index is 0.796. The predicted octanol–water partition coefficient (Wildman–Crippen LogP) is 4.83. The number of benzene rings is 2. The van der Waals surface area contributed by atoms with Crippen LogP contribution in [-0.4, -0.2) is 14.9 Å². The highest BCUT2D eigenvalue weighted by molar-refractivity contribution is 5.82. The molecule has 0 fully saturated rings. The van der Waals surface area contributed by atoms with E-state index in [0.717, 1.165) is 31.0 Å². The summed E-state index contributed by atoms with van der Waals surface area (Å²) >= 11 is 0. The van der Waals surface area contributed by atoms with Gasteiger partial charge in [-0.15, -0.1) is 0 Å². The quantitative estimate of drug-likeness (QED) is 0.504. The zero-order valence-electron chi connectivity index (χ0n) is 14.6. The fourth-order valence-electron chi connectivity index (χ4n) is 3.20. The maximum Gasteiger partial charge on any atom is 0.0544 e. The second-order valence-electron chi connectivity index (χ2n) is 6.47. The number of hydrogen-bond donors (Lipinski definition) is 0. The molecule has 0 N–H and O–H groups in total. The minimum absolute atomic E-state index is 0.796. The van der Waals surface area contributed by atoms with Crippen LogP contribution in [0.25, 0.3) is 10.8 Å². The monoisotopic (exact) mass is 339 g/mol. The summed E-state index contributed by atoms with van der Waals surface area (Å²) in [7, 11) is 0. The van der Waals surface area contributed by atoms with Gasteiger partial charge in [0.2, 0.25) is 0 Å². The van der Waals surface area contributed by atoms with Gasteiger partial charge in [-0.3, -0.25) is 14.9 Å². The van der Waals surface area contributed by atoms with E-state index in [0.29, 0.717) is 0 Å². The Balaban J connectivity index is 1.58. The van der Waals surface area contributed by atoms with Crippen LogP contribution in [0.4, 0.5) is 0 Å². The van der Waals surface area contributed by atoms with Gasteiger partial charge in [-0.1, -0.05) is 48.5 Å². The normalized spacial score (nSPS) is 11.1. The Morgan fingerprint density at radius 2 is 1.19 bits per heavy atom. The lowest BCUT2D eigenvalue weighted by Gasteiger charge is -2.22. The molecule has 0 unspecified atom stereocenters. The molecule has 0 aliphatic rings. The van der Waals surface area contributed by atoms with Gasteiger partial charge in [0.05, 0.1) is 11.4 Å². The Morgan fingerprint density at radius 1 is 0.577 bits per heavy atom. The van der Waals surface area contributed by atoms with E-state index in [1.165, 1.54) is 16.3 Å². The first-order chi connectivity index (χ1) is 12.9. The van der Waals surface area contributed by atoms with Crippen molar-refractivity contribution in [3.05, 3.63) is 108 Å². The maximum atomic E-state index is 4.49. The van der Waals surface area contributed by atoms with Crippen molar-refractivity contribution in [2.24, 2.45) is 0 Å². The molecule has 0 aliphatic carbocycles. The smallest absolute Gasteiger partial charge is 0.0544 e. The molecule has 2 aromatic heterocycles. The van der Waals surface area contributed by atoms with Crippen LogP contribution < -0.4 is 0 Å². The molecule has 0 radical (unpaired) electrons. The summed E-state index contributed by atoms with van der Waals surface area (Å²) in [6.45, 7) is 2.45. The Kier molecular flexibility index (Phi) is 4.99. The van der Waals surface area contributed by atoms with Gasteiger partial charge in [-0.2, -0.15) is 0 Å². The van der Waals surface area contributed by atoms with E-state index in [9.17, 15) is 0 Å². The lowest BCUT2D eigenvalue weighted by Crippen LogP contribution is -2.23. The third-order valence-corrected chi connectivity index (χ3v) is 4.44. The number of pyridine rings is 2. The van der Waals surface area contributed by atoms with Crippen LogP contribution >= 0.6 is 0 Å². The van der Waals surface area contributed by atoms with Crippen LogP contribution in [0.15, 0.2) is 91.3 Å². The molecule has 0 aliphatic heterocycles. The van der Waals surface area contributed by atoms with Gasteiger partial charge >= 0.3 is 0 Å². The second kappa shape index (κ2) is 7.89. The first-order valence-corrected chi connectivity index (χ1v) is 8.87. The highest BCUT2D eigenvalue weighted by Crippen LogP contribution is 2.18. The van der Waals surface area contributed by atoms with Crippen LogP contribution in [0, 0.1) is 0 Å². The number of rotatable bonds is 6. The summed E-state index contributed by atoms with van der Waals surface area (Å²) in [5.41, 5.74) is 3.45. The van der Waals surface area contributed by atoms with Crippen LogP contribution in [0.5, 0.6) is 0 Å². The summed E-state index contributed by atoms with van der Waals surface area (Å²) in [5.74, 6) is 0. The zero-order chi connectivity index (χ0) is 17.6. The van der Waals surface area contributed by atoms with E-state index in [4.69, 9.17) is 0 Å². The first kappa shape index (κ1) is 16.4. The Bertz CT molecular complexity index is 927. The summed E-state index contributed by atoms with van der Waals surface area (Å²) < 4.78 is 0. The first-order valence-electron chi connectivity index (χ1n) is 8.87. The van der Waals surface area contributed by atoms with Gasteiger partial charge in [0.1, 0.15) is 0 Å². The molecule has 0 amide bonds. The van der Waals surface area contributed by atoms with E-state index < -0.39 is 0 Å². The zero-order valence-corrected chi connectivity index (χ0v) is 14.6. The average molecular weight is 339 g/mol. The molecule has 4 aromatic rings. The number of hydrogen-bond acceptors (Lipinski definition) is 3. The van der Waals surface area contributed by atoms with Crippen LogP contribution in [0.1, 0.15) is 17.0 Å². The summed E-state index contributed by atoms with van der Waals surface area (Å²) in [4.78, 5) is 11.4. The number of aromatic nitrogens is 2. The molecule has 3 nitrogen and oxygen atoms in total. The lowest BCUT2D eigenvalue weighted by molar-refractivity contribution is 0.242. The minimum Gasteiger partial charge on any atom is -0.287 e. The molecule has 2 aromatic carbocycles. The van der Waals surface area contributed by atoms with Gasteiger partial charge in [-0.25, -0.2) is 0 Å². The second-order valence-corrected chi connectivity index (χ2v) is 6.47. The van der Waals surface area contributed by atoms with Crippen LogP contribution in [-0.2, 0) is 19.6 Å². The van der Waals surface area contributed by atoms with E-state index in [2.05, 4.69) is 69.5 Å². The summed E-state index contributed by atoms with van der Waals surface area (Å²) in [5, 5.41) is 2.55.